The summed E-state index contributed by atoms with van der Waals surface area (Å²) in [6.07, 6.45) is 0.996. The number of hydrogen-bond donors (Lipinski definition) is 2. The predicted octanol–water partition coefficient (Wildman–Crippen LogP) is 2.57. The zero-order valence-corrected chi connectivity index (χ0v) is 11.7. The number of allylic oxidation sites excluding steroid dienone is 1. The number of carbonyl (C=O) groups is 2. The second kappa shape index (κ2) is 6.53. The normalized spacial score (nSPS) is 11.0. The number of ketones is 1. The maximum absolute atomic E-state index is 12.0. The number of rotatable bonds is 5. The molecule has 0 atom stereocenters. The lowest BCUT2D eigenvalue weighted by molar-refractivity contribution is 0.0690. The van der Waals surface area contributed by atoms with E-state index in [0.717, 1.165) is 6.08 Å². The van der Waals surface area contributed by atoms with E-state index in [9.17, 15) is 14.7 Å². The van der Waals surface area contributed by atoms with Crippen molar-refractivity contribution in [3.8, 4) is 5.75 Å². The van der Waals surface area contributed by atoms with Crippen molar-refractivity contribution in [1.82, 2.24) is 4.98 Å². The zero-order valence-electron chi connectivity index (χ0n) is 11.7. The first-order valence-electron chi connectivity index (χ1n) is 6.31. The van der Waals surface area contributed by atoms with Crippen molar-refractivity contribution >= 4 is 17.5 Å². The highest BCUT2D eigenvalue weighted by Crippen LogP contribution is 2.17. The number of ether oxygens (including phenoxy) is 1. The number of hydrogen-bond acceptors (Lipinski definition) is 5. The van der Waals surface area contributed by atoms with Crippen LogP contribution in [0.15, 0.2) is 48.5 Å². The second-order valence-corrected chi connectivity index (χ2v) is 4.34. The maximum atomic E-state index is 12.0. The molecule has 0 radical (unpaired) electrons. The molecule has 22 heavy (non-hydrogen) atoms. The molecule has 2 aromatic rings. The molecule has 0 spiro atoms. The van der Waals surface area contributed by atoms with Crippen LogP contribution in [0.4, 0.5) is 0 Å². The first-order valence-corrected chi connectivity index (χ1v) is 6.31. The van der Waals surface area contributed by atoms with E-state index in [4.69, 9.17) is 9.84 Å². The summed E-state index contributed by atoms with van der Waals surface area (Å²) in [4.78, 5) is 26.6. The number of aliphatic hydroxyl groups excluding tert-OH is 1. The third-order valence-electron chi connectivity index (χ3n) is 2.87. The minimum absolute atomic E-state index is 0.0556. The van der Waals surface area contributed by atoms with Gasteiger partial charge in [0.1, 0.15) is 22.9 Å². The van der Waals surface area contributed by atoms with Gasteiger partial charge in [0, 0.05) is 11.6 Å². The highest BCUT2D eigenvalue weighted by Gasteiger charge is 2.11. The number of carbonyl (C=O) groups excluding carboxylic acids is 1. The van der Waals surface area contributed by atoms with Gasteiger partial charge < -0.3 is 14.9 Å². The molecule has 0 amide bonds. The Kier molecular flexibility index (Phi) is 4.53. The minimum atomic E-state index is -1.22. The highest BCUT2D eigenvalue weighted by atomic mass is 16.5. The van der Waals surface area contributed by atoms with E-state index >= 15 is 0 Å². The molecule has 0 saturated carbocycles. The number of aliphatic hydroxyl groups is 1. The van der Waals surface area contributed by atoms with Crippen molar-refractivity contribution in [3.05, 3.63) is 65.5 Å². The minimum Gasteiger partial charge on any atom is -0.507 e. The van der Waals surface area contributed by atoms with Gasteiger partial charge in [0.05, 0.1) is 7.11 Å². The fourth-order valence-corrected chi connectivity index (χ4v) is 1.73. The fraction of sp³-hybridized carbons (Fsp3) is 0.0625. The van der Waals surface area contributed by atoms with Gasteiger partial charge >= 0.3 is 5.97 Å². The van der Waals surface area contributed by atoms with Crippen molar-refractivity contribution < 1.29 is 24.5 Å². The number of aromatic carboxylic acids is 1. The zero-order chi connectivity index (χ0) is 16.1. The number of aromatic nitrogens is 1. The molecule has 6 nitrogen and oxygen atoms in total. The summed E-state index contributed by atoms with van der Waals surface area (Å²) in [6, 6.07) is 10.6. The van der Waals surface area contributed by atoms with Gasteiger partial charge in [-0.05, 0) is 36.4 Å². The molecular formula is C16H13NO5. The van der Waals surface area contributed by atoms with E-state index in [1.165, 1.54) is 25.3 Å². The number of nitrogens with zero attached hydrogens (tertiary/aromatic N) is 1. The van der Waals surface area contributed by atoms with Gasteiger partial charge in [0.15, 0.2) is 0 Å². The molecule has 6 heteroatoms. The summed E-state index contributed by atoms with van der Waals surface area (Å²) < 4.78 is 5.00. The molecule has 2 N–H and O–H groups in total. The van der Waals surface area contributed by atoms with Gasteiger partial charge in [-0.2, -0.15) is 0 Å². The molecule has 112 valence electrons. The number of pyridine rings is 1. The van der Waals surface area contributed by atoms with Crippen LogP contribution in [0.1, 0.15) is 26.5 Å². The predicted molar refractivity (Wildman–Crippen MR) is 79.1 cm³/mol. The van der Waals surface area contributed by atoms with Gasteiger partial charge in [-0.25, -0.2) is 9.78 Å². The van der Waals surface area contributed by atoms with Crippen LogP contribution in [0.5, 0.6) is 5.75 Å². The molecule has 0 aliphatic carbocycles. The largest absolute Gasteiger partial charge is 0.507 e. The van der Waals surface area contributed by atoms with E-state index < -0.39 is 11.8 Å². The van der Waals surface area contributed by atoms with Crippen LogP contribution in [0.3, 0.4) is 0 Å². The van der Waals surface area contributed by atoms with E-state index in [1.807, 2.05) is 0 Å². The average Bonchev–Trinajstić information content (AvgIpc) is 2.54. The Morgan fingerprint density at radius 3 is 2.27 bits per heavy atom. The first-order chi connectivity index (χ1) is 10.5. The van der Waals surface area contributed by atoms with Gasteiger partial charge in [-0.1, -0.05) is 6.07 Å². The van der Waals surface area contributed by atoms with Crippen molar-refractivity contribution in [1.29, 1.82) is 0 Å². The molecule has 2 rings (SSSR count). The number of carboxylic acids is 1. The maximum Gasteiger partial charge on any atom is 0.354 e. The molecule has 0 fully saturated rings. The summed E-state index contributed by atoms with van der Waals surface area (Å²) in [5, 5.41) is 18.8. The van der Waals surface area contributed by atoms with E-state index in [-0.39, 0.29) is 17.1 Å². The third kappa shape index (κ3) is 3.49. The average molecular weight is 299 g/mol. The van der Waals surface area contributed by atoms with Crippen molar-refractivity contribution in [2.45, 2.75) is 0 Å². The summed E-state index contributed by atoms with van der Waals surface area (Å²) in [7, 11) is 1.52. The van der Waals surface area contributed by atoms with Crippen molar-refractivity contribution in [2.75, 3.05) is 7.11 Å². The Bertz CT molecular complexity index is 734. The Morgan fingerprint density at radius 2 is 1.68 bits per heavy atom. The number of benzene rings is 1. The lowest BCUT2D eigenvalue weighted by atomic mass is 10.1. The summed E-state index contributed by atoms with van der Waals surface area (Å²) in [6.45, 7) is 0. The molecule has 0 saturated heterocycles. The lowest BCUT2D eigenvalue weighted by Gasteiger charge is -2.03. The molecule has 0 aliphatic rings. The molecule has 1 heterocycles. The van der Waals surface area contributed by atoms with Gasteiger partial charge in [0.25, 0.3) is 0 Å². The fourth-order valence-electron chi connectivity index (χ4n) is 1.73. The van der Waals surface area contributed by atoms with E-state index in [1.54, 1.807) is 24.3 Å². The standard InChI is InChI=1S/C16H13NO5/c1-22-11-7-5-10(6-8-11)14(18)9-15(19)12-3-2-4-13(17-12)16(20)21/h2-9,18H,1H3,(H,20,21)/b14-9-. The molecular weight excluding hydrogens is 286 g/mol. The topological polar surface area (TPSA) is 96.7 Å². The number of carboxylic acid groups (broad SMARTS) is 1. The summed E-state index contributed by atoms with van der Waals surface area (Å²) >= 11 is 0. The third-order valence-corrected chi connectivity index (χ3v) is 2.87. The van der Waals surface area contributed by atoms with Crippen LogP contribution in [0, 0.1) is 0 Å². The van der Waals surface area contributed by atoms with Crippen LogP contribution < -0.4 is 4.74 Å². The van der Waals surface area contributed by atoms with Crippen molar-refractivity contribution in [3.63, 3.8) is 0 Å². The Labute approximate surface area is 126 Å². The highest BCUT2D eigenvalue weighted by molar-refractivity contribution is 6.07. The van der Waals surface area contributed by atoms with E-state index in [0.29, 0.717) is 11.3 Å². The second-order valence-electron chi connectivity index (χ2n) is 4.34. The van der Waals surface area contributed by atoms with Crippen LogP contribution in [0.25, 0.3) is 5.76 Å². The Balaban J connectivity index is 2.25. The SMILES string of the molecule is COc1ccc(/C(O)=C/C(=O)c2cccc(C(=O)O)n2)cc1. The van der Waals surface area contributed by atoms with Gasteiger partial charge in [0.2, 0.25) is 5.78 Å². The molecule has 0 bridgehead atoms. The quantitative estimate of drug-likeness (QED) is 0.500. The molecule has 0 unspecified atom stereocenters. The molecule has 0 aliphatic heterocycles. The van der Waals surface area contributed by atoms with Crippen molar-refractivity contribution in [2.24, 2.45) is 0 Å². The van der Waals surface area contributed by atoms with Gasteiger partial charge in [-0.3, -0.25) is 4.79 Å². The van der Waals surface area contributed by atoms with E-state index in [2.05, 4.69) is 4.98 Å². The van der Waals surface area contributed by atoms with Gasteiger partial charge in [-0.15, -0.1) is 0 Å². The lowest BCUT2D eigenvalue weighted by Crippen LogP contribution is -2.06. The summed E-state index contributed by atoms with van der Waals surface area (Å²) in [5.74, 6) is -1.43. The smallest absolute Gasteiger partial charge is 0.354 e. The molecule has 1 aromatic heterocycles. The summed E-state index contributed by atoms with van der Waals surface area (Å²) in [5.41, 5.74) is 0.145. The Hall–Kier alpha value is -3.15. The monoisotopic (exact) mass is 299 g/mol. The van der Waals surface area contributed by atoms with Crippen LogP contribution in [0.2, 0.25) is 0 Å². The first kappa shape index (κ1) is 15.2. The van der Waals surface area contributed by atoms with Crippen LogP contribution >= 0.6 is 0 Å². The Morgan fingerprint density at radius 1 is 1.05 bits per heavy atom. The number of methoxy groups -OCH3 is 1. The van der Waals surface area contributed by atoms with Crippen LogP contribution in [-0.2, 0) is 0 Å². The molecule has 1 aromatic carbocycles. The van der Waals surface area contributed by atoms with Crippen LogP contribution in [-0.4, -0.2) is 34.1 Å².